The molecule has 2 aromatic heterocycles. The van der Waals surface area contributed by atoms with Crippen molar-refractivity contribution < 1.29 is 9.32 Å². The first-order valence-electron chi connectivity index (χ1n) is 6.95. The molecular formula is C16H12N4O3S. The highest BCUT2D eigenvalue weighted by Gasteiger charge is 2.26. The van der Waals surface area contributed by atoms with Crippen molar-refractivity contribution in [3.8, 4) is 22.3 Å². The molecule has 0 aliphatic rings. The van der Waals surface area contributed by atoms with Gasteiger partial charge in [0.2, 0.25) is 5.12 Å². The molecule has 1 aromatic carbocycles. The highest BCUT2D eigenvalue weighted by Crippen LogP contribution is 2.26. The second-order valence-corrected chi connectivity index (χ2v) is 5.75. The topological polar surface area (TPSA) is 93.8 Å². The number of nitriles is 1. The van der Waals surface area contributed by atoms with E-state index in [1.807, 2.05) is 30.3 Å². The molecule has 7 nitrogen and oxygen atoms in total. The van der Waals surface area contributed by atoms with Crippen LogP contribution in [-0.2, 0) is 7.05 Å². The van der Waals surface area contributed by atoms with E-state index >= 15 is 0 Å². The molecule has 0 radical (unpaired) electrons. The van der Waals surface area contributed by atoms with Gasteiger partial charge in [-0.25, -0.2) is 4.68 Å². The van der Waals surface area contributed by atoms with Gasteiger partial charge in [-0.05, 0) is 19.1 Å². The average molecular weight is 340 g/mol. The largest absolute Gasteiger partial charge is 0.363 e. The zero-order valence-electron chi connectivity index (χ0n) is 12.9. The molecule has 0 atom stereocenters. The van der Waals surface area contributed by atoms with E-state index < -0.39 is 5.12 Å². The minimum Gasteiger partial charge on any atom is -0.363 e. The summed E-state index contributed by atoms with van der Waals surface area (Å²) in [5, 5.41) is 13.7. The Morgan fingerprint density at radius 1 is 1.33 bits per heavy atom. The Balaban J connectivity index is 2.23. The summed E-state index contributed by atoms with van der Waals surface area (Å²) in [5.41, 5.74) is 1.54. The van der Waals surface area contributed by atoms with E-state index in [4.69, 9.17) is 9.78 Å². The molecule has 0 aliphatic carbocycles. The molecule has 0 saturated carbocycles. The third-order valence-corrected chi connectivity index (χ3v) is 4.22. The van der Waals surface area contributed by atoms with Gasteiger partial charge in [0.1, 0.15) is 17.4 Å². The monoisotopic (exact) mass is 340 g/mol. The molecule has 0 unspecified atom stereocenters. The van der Waals surface area contributed by atoms with Crippen LogP contribution in [0.25, 0.3) is 16.9 Å². The van der Waals surface area contributed by atoms with E-state index in [1.165, 1.54) is 4.68 Å². The first-order valence-corrected chi connectivity index (χ1v) is 7.77. The summed E-state index contributed by atoms with van der Waals surface area (Å²) in [6.07, 6.45) is 1.15. The maximum Gasteiger partial charge on any atom is 0.281 e. The van der Waals surface area contributed by atoms with Gasteiger partial charge in [0.15, 0.2) is 0 Å². The summed E-state index contributed by atoms with van der Waals surface area (Å²) in [6, 6.07) is 9.14. The van der Waals surface area contributed by atoms with Crippen molar-refractivity contribution in [1.82, 2.24) is 14.5 Å². The molecule has 0 amide bonds. The van der Waals surface area contributed by atoms with Crippen LogP contribution in [0.2, 0.25) is 0 Å². The Labute approximate surface area is 141 Å². The van der Waals surface area contributed by atoms with Crippen molar-refractivity contribution in [2.45, 2.75) is 6.92 Å². The van der Waals surface area contributed by atoms with E-state index in [-0.39, 0.29) is 22.4 Å². The van der Waals surface area contributed by atoms with Crippen molar-refractivity contribution in [3.63, 3.8) is 0 Å². The molecule has 0 bridgehead atoms. The first-order chi connectivity index (χ1) is 11.6. The number of carbonyl (C=O) groups excluding carboxylic acids is 1. The van der Waals surface area contributed by atoms with E-state index in [1.54, 1.807) is 24.1 Å². The van der Waals surface area contributed by atoms with Crippen molar-refractivity contribution in [1.29, 1.82) is 5.26 Å². The second kappa shape index (κ2) is 6.22. The van der Waals surface area contributed by atoms with Gasteiger partial charge in [0.05, 0.1) is 16.8 Å². The number of carbonyl (C=O) groups is 1. The quantitative estimate of drug-likeness (QED) is 0.680. The fourth-order valence-corrected chi connectivity index (χ4v) is 2.84. The van der Waals surface area contributed by atoms with Gasteiger partial charge in [0, 0.05) is 24.5 Å². The zero-order chi connectivity index (χ0) is 17.3. The van der Waals surface area contributed by atoms with Crippen LogP contribution in [0.5, 0.6) is 0 Å². The molecule has 24 heavy (non-hydrogen) atoms. The summed E-state index contributed by atoms with van der Waals surface area (Å²) >= 11 is 0.468. The smallest absolute Gasteiger partial charge is 0.281 e. The number of para-hydroxylation sites is 1. The van der Waals surface area contributed by atoms with Crippen LogP contribution >= 0.6 is 11.8 Å². The Hall–Kier alpha value is -3.05. The normalized spacial score (nSPS) is 10.5. The standard InChI is InChI=1S/C16H12N4O3S/c1-10-13(14-12(8-23-18-14)16(22)24-9-17)15(21)20(19(10)2)11-6-4-3-5-7-11/h3-8H,1-2H3. The Kier molecular flexibility index (Phi) is 4.10. The van der Waals surface area contributed by atoms with Crippen LogP contribution in [0.4, 0.5) is 0 Å². The first kappa shape index (κ1) is 15.8. The number of hydrogen-bond acceptors (Lipinski definition) is 6. The van der Waals surface area contributed by atoms with Gasteiger partial charge >= 0.3 is 0 Å². The van der Waals surface area contributed by atoms with Crippen LogP contribution in [0, 0.1) is 17.6 Å². The molecule has 0 saturated heterocycles. The van der Waals surface area contributed by atoms with Gasteiger partial charge in [-0.3, -0.25) is 14.3 Å². The predicted octanol–water partition coefficient (Wildman–Crippen LogP) is 2.49. The molecule has 120 valence electrons. The molecular weight excluding hydrogens is 328 g/mol. The highest BCUT2D eigenvalue weighted by molar-refractivity contribution is 8.18. The summed E-state index contributed by atoms with van der Waals surface area (Å²) in [5.74, 6) is 0. The molecule has 8 heteroatoms. The molecule has 2 heterocycles. The SMILES string of the molecule is Cc1c(-c2nocc2C(=O)SC#N)c(=O)n(-c2ccccc2)n1C. The number of thioether (sulfide) groups is 1. The van der Waals surface area contributed by atoms with Crippen LogP contribution < -0.4 is 5.56 Å². The van der Waals surface area contributed by atoms with Crippen molar-refractivity contribution in [2.24, 2.45) is 7.05 Å². The molecule has 0 aliphatic heterocycles. The lowest BCUT2D eigenvalue weighted by Gasteiger charge is -2.07. The number of rotatable bonds is 3. The van der Waals surface area contributed by atoms with Crippen molar-refractivity contribution in [3.05, 3.63) is 58.2 Å². The van der Waals surface area contributed by atoms with Crippen LogP contribution in [-0.4, -0.2) is 19.6 Å². The van der Waals surface area contributed by atoms with Crippen LogP contribution in [0.3, 0.4) is 0 Å². The fraction of sp³-hybridized carbons (Fsp3) is 0.125. The summed E-state index contributed by atoms with van der Waals surface area (Å²) in [4.78, 5) is 24.9. The summed E-state index contributed by atoms with van der Waals surface area (Å²) < 4.78 is 8.06. The number of benzene rings is 1. The number of aromatic nitrogens is 3. The zero-order valence-corrected chi connectivity index (χ0v) is 13.7. The van der Waals surface area contributed by atoms with Gasteiger partial charge < -0.3 is 4.52 Å². The minimum atomic E-state index is -0.511. The molecule has 0 fully saturated rings. The lowest BCUT2D eigenvalue weighted by atomic mass is 10.1. The van der Waals surface area contributed by atoms with Crippen LogP contribution in [0.15, 0.2) is 45.9 Å². The van der Waals surface area contributed by atoms with Gasteiger partial charge in [0.25, 0.3) is 5.56 Å². The maximum atomic E-state index is 12.9. The number of nitrogens with zero attached hydrogens (tertiary/aromatic N) is 4. The van der Waals surface area contributed by atoms with E-state index in [0.717, 1.165) is 6.26 Å². The molecule has 3 aromatic rings. The Bertz CT molecular complexity index is 1010. The van der Waals surface area contributed by atoms with Crippen LogP contribution in [0.1, 0.15) is 16.1 Å². The van der Waals surface area contributed by atoms with E-state index in [2.05, 4.69) is 5.16 Å². The summed E-state index contributed by atoms with van der Waals surface area (Å²) in [6.45, 7) is 1.76. The molecule has 0 N–H and O–H groups in total. The fourth-order valence-electron chi connectivity index (χ4n) is 2.50. The predicted molar refractivity (Wildman–Crippen MR) is 88.8 cm³/mol. The lowest BCUT2D eigenvalue weighted by Crippen LogP contribution is -2.20. The van der Waals surface area contributed by atoms with Gasteiger partial charge in [-0.1, -0.05) is 23.4 Å². The average Bonchev–Trinajstić information content (AvgIpc) is 3.13. The third-order valence-electron chi connectivity index (χ3n) is 3.72. The highest BCUT2D eigenvalue weighted by atomic mass is 32.2. The lowest BCUT2D eigenvalue weighted by molar-refractivity contribution is 0.109. The number of thiocyanates is 1. The van der Waals surface area contributed by atoms with E-state index in [9.17, 15) is 9.59 Å². The molecule has 0 spiro atoms. The second-order valence-electron chi connectivity index (χ2n) is 4.99. The molecule has 3 rings (SSSR count). The maximum absolute atomic E-state index is 12.9. The van der Waals surface area contributed by atoms with Gasteiger partial charge in [-0.15, -0.1) is 0 Å². The van der Waals surface area contributed by atoms with Gasteiger partial charge in [-0.2, -0.15) is 5.26 Å². The van der Waals surface area contributed by atoms with Crippen molar-refractivity contribution >= 4 is 16.9 Å². The third kappa shape index (κ3) is 2.45. The Morgan fingerprint density at radius 2 is 2.04 bits per heavy atom. The Morgan fingerprint density at radius 3 is 2.71 bits per heavy atom. The summed E-state index contributed by atoms with van der Waals surface area (Å²) in [7, 11) is 1.75. The number of hydrogen-bond donors (Lipinski definition) is 0. The van der Waals surface area contributed by atoms with Crippen molar-refractivity contribution in [2.75, 3.05) is 0 Å². The van der Waals surface area contributed by atoms with E-state index in [0.29, 0.717) is 23.1 Å². The minimum absolute atomic E-state index is 0.104.